The summed E-state index contributed by atoms with van der Waals surface area (Å²) in [7, 11) is 2.17. The van der Waals surface area contributed by atoms with Crippen LogP contribution >= 0.6 is 0 Å². The van der Waals surface area contributed by atoms with Gasteiger partial charge in [0.05, 0.1) is 10.9 Å². The van der Waals surface area contributed by atoms with E-state index in [-0.39, 0.29) is 0 Å². The molecule has 186 valence electrons. The number of aromatic nitrogens is 1. The van der Waals surface area contributed by atoms with Crippen LogP contribution in [-0.4, -0.2) is 13.2 Å². The summed E-state index contributed by atoms with van der Waals surface area (Å²) in [6.07, 6.45) is 4.41. The zero-order chi connectivity index (χ0) is 25.4. The zero-order valence-electron chi connectivity index (χ0n) is 22.4. The first-order valence-corrected chi connectivity index (χ1v) is 13.6. The summed E-state index contributed by atoms with van der Waals surface area (Å²) < 4.78 is 14.9. The van der Waals surface area contributed by atoms with E-state index in [4.69, 9.17) is 9.47 Å². The van der Waals surface area contributed by atoms with E-state index in [1.165, 1.54) is 65.8 Å². The van der Waals surface area contributed by atoms with Gasteiger partial charge in [0.1, 0.15) is 18.5 Å². The van der Waals surface area contributed by atoms with E-state index in [1.54, 1.807) is 0 Å². The van der Waals surface area contributed by atoms with Crippen LogP contribution in [0.1, 0.15) is 60.8 Å². The minimum absolute atomic E-state index is 0.339. The Kier molecular flexibility index (Phi) is 5.10. The first kappa shape index (κ1) is 22.7. The number of hydrogen-bond donors (Lipinski definition) is 0. The Bertz CT molecular complexity index is 1740. The summed E-state index contributed by atoms with van der Waals surface area (Å²) in [6, 6.07) is 18.5. The third kappa shape index (κ3) is 3.33. The smallest absolute Gasteiger partial charge is 0.228 e. The molecule has 3 heterocycles. The summed E-state index contributed by atoms with van der Waals surface area (Å²) in [6.45, 7) is 10.7. The molecule has 5 aromatic rings. The van der Waals surface area contributed by atoms with Crippen LogP contribution in [-0.2, 0) is 11.8 Å². The SMILES string of the molecule is Cc1ccc2c(C(C)C)c3c(c(C)c2c1)-c1c2c(cc4cc(C5CCOCC5)ccc4c2cc[n+]1C)O3. The Balaban J connectivity index is 1.56. The molecule has 37 heavy (non-hydrogen) atoms. The number of fused-ring (bicyclic) bond motifs is 5. The maximum absolute atomic E-state index is 6.98. The van der Waals surface area contributed by atoms with Crippen LogP contribution in [0.3, 0.4) is 0 Å². The van der Waals surface area contributed by atoms with Crippen molar-refractivity contribution in [3.8, 4) is 22.8 Å². The summed E-state index contributed by atoms with van der Waals surface area (Å²) in [4.78, 5) is 0. The molecule has 0 atom stereocenters. The Hall–Kier alpha value is -3.43. The third-order valence-electron chi connectivity index (χ3n) is 8.66. The maximum atomic E-state index is 6.98. The van der Waals surface area contributed by atoms with Crippen molar-refractivity contribution in [1.82, 2.24) is 0 Å². The molecule has 0 aliphatic carbocycles. The molecular formula is C34H34NO2+. The highest BCUT2D eigenvalue weighted by atomic mass is 16.5. The van der Waals surface area contributed by atoms with Crippen LogP contribution in [0.15, 0.2) is 54.7 Å². The van der Waals surface area contributed by atoms with Crippen LogP contribution in [0.2, 0.25) is 0 Å². The van der Waals surface area contributed by atoms with Crippen LogP contribution in [0.4, 0.5) is 0 Å². The van der Waals surface area contributed by atoms with Crippen LogP contribution in [0.5, 0.6) is 11.5 Å². The Morgan fingerprint density at radius 1 is 0.865 bits per heavy atom. The standard InChI is InChI=1S/C34H34NO2/c1-19(2)30-26-8-6-20(3)16-28(26)21(4)31-33-32-27(10-13-35(33)5)25-9-7-23(22-11-14-36-15-12-22)17-24(25)18-29(32)37-34(30)31/h6-10,13,16-19,22H,11-12,14-15H2,1-5H3/q+1. The van der Waals surface area contributed by atoms with E-state index in [0.29, 0.717) is 11.8 Å². The molecule has 0 unspecified atom stereocenters. The second-order valence-corrected chi connectivity index (χ2v) is 11.4. The lowest BCUT2D eigenvalue weighted by Crippen LogP contribution is -2.32. The molecule has 3 heteroatoms. The van der Waals surface area contributed by atoms with Gasteiger partial charge in [0, 0.05) is 30.2 Å². The minimum atomic E-state index is 0.339. The largest absolute Gasteiger partial charge is 0.455 e. The fourth-order valence-electron chi connectivity index (χ4n) is 6.79. The van der Waals surface area contributed by atoms with Gasteiger partial charge in [-0.05, 0) is 77.3 Å². The van der Waals surface area contributed by atoms with E-state index in [0.717, 1.165) is 37.6 Å². The van der Waals surface area contributed by atoms with Crippen LogP contribution in [0, 0.1) is 13.8 Å². The van der Waals surface area contributed by atoms with E-state index < -0.39 is 0 Å². The Morgan fingerprint density at radius 2 is 1.65 bits per heavy atom. The third-order valence-corrected chi connectivity index (χ3v) is 8.66. The Morgan fingerprint density at radius 3 is 2.43 bits per heavy atom. The molecule has 4 aromatic carbocycles. The van der Waals surface area contributed by atoms with Gasteiger partial charge in [-0.2, -0.15) is 0 Å². The first-order chi connectivity index (χ1) is 17.9. The summed E-state index contributed by atoms with van der Waals surface area (Å²) >= 11 is 0. The second kappa shape index (κ2) is 8.29. The molecule has 0 bridgehead atoms. The lowest BCUT2D eigenvalue weighted by molar-refractivity contribution is -0.659. The van der Waals surface area contributed by atoms with Gasteiger partial charge in [-0.3, -0.25) is 0 Å². The molecule has 0 N–H and O–H groups in total. The van der Waals surface area contributed by atoms with Gasteiger partial charge in [-0.25, -0.2) is 4.57 Å². The molecule has 1 saturated heterocycles. The van der Waals surface area contributed by atoms with E-state index in [1.807, 2.05) is 0 Å². The summed E-state index contributed by atoms with van der Waals surface area (Å²) in [5, 5.41) is 7.66. The number of benzene rings is 4. The van der Waals surface area contributed by atoms with Crippen molar-refractivity contribution < 1.29 is 14.0 Å². The van der Waals surface area contributed by atoms with Gasteiger partial charge in [0.2, 0.25) is 5.69 Å². The lowest BCUT2D eigenvalue weighted by atomic mass is 9.84. The minimum Gasteiger partial charge on any atom is -0.455 e. The molecule has 0 spiro atoms. The maximum Gasteiger partial charge on any atom is 0.228 e. The van der Waals surface area contributed by atoms with Gasteiger partial charge in [0.25, 0.3) is 0 Å². The van der Waals surface area contributed by atoms with Crippen molar-refractivity contribution in [2.24, 2.45) is 7.05 Å². The molecule has 0 radical (unpaired) electrons. The molecule has 1 aromatic heterocycles. The first-order valence-electron chi connectivity index (χ1n) is 13.6. The monoisotopic (exact) mass is 488 g/mol. The van der Waals surface area contributed by atoms with Gasteiger partial charge < -0.3 is 9.47 Å². The molecular weight excluding hydrogens is 454 g/mol. The number of ether oxygens (including phenoxy) is 2. The van der Waals surface area contributed by atoms with Crippen molar-refractivity contribution in [1.29, 1.82) is 0 Å². The molecule has 7 rings (SSSR count). The van der Waals surface area contributed by atoms with Gasteiger partial charge in [-0.1, -0.05) is 55.8 Å². The number of aryl methyl sites for hydroxylation is 3. The van der Waals surface area contributed by atoms with Crippen LogP contribution < -0.4 is 9.30 Å². The average Bonchev–Trinajstić information content (AvgIpc) is 2.90. The topological polar surface area (TPSA) is 22.3 Å². The van der Waals surface area contributed by atoms with Crippen LogP contribution in [0.25, 0.3) is 43.6 Å². The highest BCUT2D eigenvalue weighted by molar-refractivity contribution is 6.16. The number of hydrogen-bond acceptors (Lipinski definition) is 2. The zero-order valence-corrected chi connectivity index (χ0v) is 22.4. The molecule has 3 nitrogen and oxygen atoms in total. The normalized spacial score (nSPS) is 15.5. The lowest BCUT2D eigenvalue weighted by Gasteiger charge is -2.27. The predicted octanol–water partition coefficient (Wildman–Crippen LogP) is 8.38. The Labute approximate surface area is 218 Å². The van der Waals surface area contributed by atoms with E-state index >= 15 is 0 Å². The van der Waals surface area contributed by atoms with Gasteiger partial charge in [-0.15, -0.1) is 0 Å². The van der Waals surface area contributed by atoms with Crippen molar-refractivity contribution in [3.05, 3.63) is 77.0 Å². The predicted molar refractivity (Wildman–Crippen MR) is 152 cm³/mol. The van der Waals surface area contributed by atoms with Crippen molar-refractivity contribution >= 4 is 32.3 Å². The number of nitrogens with zero attached hydrogens (tertiary/aromatic N) is 1. The molecule has 2 aliphatic rings. The highest BCUT2D eigenvalue weighted by Crippen LogP contribution is 2.53. The molecule has 1 fully saturated rings. The van der Waals surface area contributed by atoms with Crippen molar-refractivity contribution in [2.75, 3.05) is 13.2 Å². The fraction of sp³-hybridized carbons (Fsp3) is 0.324. The van der Waals surface area contributed by atoms with E-state index in [2.05, 4.69) is 94.0 Å². The van der Waals surface area contributed by atoms with Gasteiger partial charge in [0.15, 0.2) is 6.20 Å². The quantitative estimate of drug-likeness (QED) is 0.180. The molecule has 0 amide bonds. The highest BCUT2D eigenvalue weighted by Gasteiger charge is 2.34. The summed E-state index contributed by atoms with van der Waals surface area (Å²) in [5.74, 6) is 2.91. The second-order valence-electron chi connectivity index (χ2n) is 11.4. The molecule has 0 saturated carbocycles. The van der Waals surface area contributed by atoms with E-state index in [9.17, 15) is 0 Å². The van der Waals surface area contributed by atoms with Crippen molar-refractivity contribution in [2.45, 2.75) is 52.4 Å². The fourth-order valence-corrected chi connectivity index (χ4v) is 6.79. The van der Waals surface area contributed by atoms with Crippen molar-refractivity contribution in [3.63, 3.8) is 0 Å². The average molecular weight is 489 g/mol. The number of pyridine rings is 1. The molecule has 2 aliphatic heterocycles. The summed E-state index contributed by atoms with van der Waals surface area (Å²) in [5.41, 5.74) is 7.79. The van der Waals surface area contributed by atoms with Gasteiger partial charge >= 0.3 is 0 Å². The number of rotatable bonds is 2.